The highest BCUT2D eigenvalue weighted by molar-refractivity contribution is 4.82. The van der Waals surface area contributed by atoms with E-state index in [9.17, 15) is 10.2 Å². The average molecular weight is 193 g/mol. The van der Waals surface area contributed by atoms with Gasteiger partial charge in [-0.1, -0.05) is 0 Å². The first kappa shape index (κ1) is 10.8. The van der Waals surface area contributed by atoms with Gasteiger partial charge in [0.2, 0.25) is 0 Å². The quantitative estimate of drug-likeness (QED) is 0.392. The molecule has 0 unspecified atom stereocenters. The Balaban J connectivity index is 2.39. The Morgan fingerprint density at radius 3 is 2.62 bits per heavy atom. The zero-order valence-corrected chi connectivity index (χ0v) is 7.17. The van der Waals surface area contributed by atoms with E-state index in [1.54, 1.807) is 0 Å². The summed E-state index contributed by atoms with van der Waals surface area (Å²) in [5.74, 6) is 0. The van der Waals surface area contributed by atoms with Gasteiger partial charge in [-0.2, -0.15) is 0 Å². The molecule has 0 saturated carbocycles. The predicted octanol–water partition coefficient (Wildman–Crippen LogP) is -2.60. The first-order valence-electron chi connectivity index (χ1n) is 4.14. The molecule has 0 aromatic carbocycles. The maximum atomic E-state index is 9.33. The van der Waals surface area contributed by atoms with Crippen molar-refractivity contribution in [2.45, 2.75) is 24.6 Å². The van der Waals surface area contributed by atoms with Crippen molar-refractivity contribution in [2.75, 3.05) is 19.8 Å². The minimum atomic E-state index is -1.23. The van der Waals surface area contributed by atoms with Gasteiger partial charge in [0.25, 0.3) is 0 Å². The summed E-state index contributed by atoms with van der Waals surface area (Å²) in [5.41, 5.74) is 5.18. The molecule has 0 aliphatic carbocycles. The number of ether oxygens (including phenoxy) is 2. The van der Waals surface area contributed by atoms with Crippen LogP contribution in [0, 0.1) is 0 Å². The third-order valence-corrected chi connectivity index (χ3v) is 1.85. The second-order valence-corrected chi connectivity index (χ2v) is 2.91. The highest BCUT2D eigenvalue weighted by Gasteiger charge is 2.37. The van der Waals surface area contributed by atoms with Crippen LogP contribution in [0.1, 0.15) is 0 Å². The Morgan fingerprint density at radius 2 is 2.00 bits per heavy atom. The van der Waals surface area contributed by atoms with E-state index in [2.05, 4.69) is 0 Å². The molecule has 13 heavy (non-hydrogen) atoms. The van der Waals surface area contributed by atoms with Crippen LogP contribution in [0.5, 0.6) is 0 Å². The van der Waals surface area contributed by atoms with E-state index in [-0.39, 0.29) is 13.2 Å². The van der Waals surface area contributed by atoms with Crippen molar-refractivity contribution in [3.63, 3.8) is 0 Å². The Bertz CT molecular complexity index is 154. The molecule has 1 saturated heterocycles. The molecule has 1 fully saturated rings. The molecule has 6 heteroatoms. The second kappa shape index (κ2) is 4.85. The fourth-order valence-corrected chi connectivity index (χ4v) is 1.11. The Kier molecular flexibility index (Phi) is 4.04. The van der Waals surface area contributed by atoms with Gasteiger partial charge < -0.3 is 30.5 Å². The summed E-state index contributed by atoms with van der Waals surface area (Å²) in [6.45, 7) is 0.503. The molecular formula is C7H15NO5. The number of aliphatic hydroxyl groups is 3. The minimum absolute atomic E-state index is 0.0482. The first-order chi connectivity index (χ1) is 6.16. The van der Waals surface area contributed by atoms with Crippen molar-refractivity contribution < 1.29 is 24.8 Å². The van der Waals surface area contributed by atoms with Crippen LogP contribution in [-0.2, 0) is 9.47 Å². The lowest BCUT2D eigenvalue weighted by Crippen LogP contribution is -2.53. The molecule has 0 aromatic heterocycles. The van der Waals surface area contributed by atoms with Crippen molar-refractivity contribution in [2.24, 2.45) is 5.73 Å². The number of hydrogen-bond donors (Lipinski definition) is 4. The summed E-state index contributed by atoms with van der Waals surface area (Å²) in [6.07, 6.45) is -4.42. The highest BCUT2D eigenvalue weighted by atomic mass is 16.7. The number of hydrogen-bond acceptors (Lipinski definition) is 6. The van der Waals surface area contributed by atoms with Crippen molar-refractivity contribution in [3.05, 3.63) is 0 Å². The molecule has 1 heterocycles. The van der Waals surface area contributed by atoms with Gasteiger partial charge in [0, 0.05) is 6.54 Å². The minimum Gasteiger partial charge on any atom is -0.388 e. The number of aliphatic hydroxyl groups excluding tert-OH is 3. The van der Waals surface area contributed by atoms with Gasteiger partial charge in [-0.05, 0) is 0 Å². The maximum Gasteiger partial charge on any atom is 0.186 e. The molecule has 1 rings (SSSR count). The van der Waals surface area contributed by atoms with Gasteiger partial charge >= 0.3 is 0 Å². The molecule has 0 spiro atoms. The van der Waals surface area contributed by atoms with Gasteiger partial charge in [-0.15, -0.1) is 0 Å². The molecule has 1 aliphatic rings. The summed E-state index contributed by atoms with van der Waals surface area (Å²) in [6, 6.07) is 0. The van der Waals surface area contributed by atoms with Gasteiger partial charge in [0.05, 0.1) is 13.2 Å². The molecular weight excluding hydrogens is 178 g/mol. The van der Waals surface area contributed by atoms with E-state index >= 15 is 0 Å². The average Bonchev–Trinajstić information content (AvgIpc) is 2.13. The number of nitrogens with two attached hydrogens (primary N) is 1. The SMILES string of the molecule is NCCO[C@@H]1OC[C@@H](O)[C@H](O)[C@H]1O. The van der Waals surface area contributed by atoms with Crippen LogP contribution < -0.4 is 5.73 Å². The van der Waals surface area contributed by atoms with Crippen LogP contribution in [-0.4, -0.2) is 59.7 Å². The van der Waals surface area contributed by atoms with Crippen molar-refractivity contribution in [1.29, 1.82) is 0 Å². The molecule has 0 radical (unpaired) electrons. The monoisotopic (exact) mass is 193 g/mol. The zero-order chi connectivity index (χ0) is 9.84. The van der Waals surface area contributed by atoms with Gasteiger partial charge in [0.1, 0.15) is 18.3 Å². The number of rotatable bonds is 3. The van der Waals surface area contributed by atoms with Gasteiger partial charge in [-0.3, -0.25) is 0 Å². The van der Waals surface area contributed by atoms with E-state index in [1.807, 2.05) is 0 Å². The molecule has 6 nitrogen and oxygen atoms in total. The van der Waals surface area contributed by atoms with Crippen LogP contribution in [0.2, 0.25) is 0 Å². The summed E-state index contributed by atoms with van der Waals surface area (Å²) >= 11 is 0. The third kappa shape index (κ3) is 2.60. The normalized spacial score (nSPS) is 40.6. The highest BCUT2D eigenvalue weighted by Crippen LogP contribution is 2.15. The smallest absolute Gasteiger partial charge is 0.186 e. The van der Waals surface area contributed by atoms with Crippen LogP contribution in [0.3, 0.4) is 0 Å². The van der Waals surface area contributed by atoms with E-state index in [1.165, 1.54) is 0 Å². The lowest BCUT2D eigenvalue weighted by Gasteiger charge is -2.34. The second-order valence-electron chi connectivity index (χ2n) is 2.91. The zero-order valence-electron chi connectivity index (χ0n) is 7.17. The summed E-state index contributed by atoms with van der Waals surface area (Å²) < 4.78 is 9.93. The molecule has 0 aromatic rings. The molecule has 4 atom stereocenters. The van der Waals surface area contributed by atoms with E-state index in [0.29, 0.717) is 6.54 Å². The van der Waals surface area contributed by atoms with E-state index < -0.39 is 24.6 Å². The third-order valence-electron chi connectivity index (χ3n) is 1.85. The fourth-order valence-electron chi connectivity index (χ4n) is 1.11. The first-order valence-corrected chi connectivity index (χ1v) is 4.14. The molecule has 5 N–H and O–H groups in total. The van der Waals surface area contributed by atoms with Crippen LogP contribution in [0.4, 0.5) is 0 Å². The predicted molar refractivity (Wildman–Crippen MR) is 42.8 cm³/mol. The standard InChI is InChI=1S/C7H15NO5/c8-1-2-12-7-6(11)5(10)4(9)3-13-7/h4-7,9-11H,1-3,8H2/t4-,5+,6-,7-/m1/s1. The Hall–Kier alpha value is -0.240. The van der Waals surface area contributed by atoms with Gasteiger partial charge in [0.15, 0.2) is 6.29 Å². The lowest BCUT2D eigenvalue weighted by atomic mass is 10.1. The topological polar surface area (TPSA) is 105 Å². The fraction of sp³-hybridized carbons (Fsp3) is 1.00. The molecule has 78 valence electrons. The maximum absolute atomic E-state index is 9.33. The Morgan fingerprint density at radius 1 is 1.31 bits per heavy atom. The van der Waals surface area contributed by atoms with Crippen molar-refractivity contribution in [3.8, 4) is 0 Å². The van der Waals surface area contributed by atoms with Gasteiger partial charge in [-0.25, -0.2) is 0 Å². The van der Waals surface area contributed by atoms with E-state index in [0.717, 1.165) is 0 Å². The van der Waals surface area contributed by atoms with Crippen molar-refractivity contribution >= 4 is 0 Å². The summed E-state index contributed by atoms with van der Waals surface area (Å²) in [7, 11) is 0. The largest absolute Gasteiger partial charge is 0.388 e. The van der Waals surface area contributed by atoms with E-state index in [4.69, 9.17) is 20.3 Å². The molecule has 0 amide bonds. The summed E-state index contributed by atoms with van der Waals surface area (Å²) in [5, 5.41) is 27.6. The van der Waals surface area contributed by atoms with Crippen LogP contribution in [0.25, 0.3) is 0 Å². The van der Waals surface area contributed by atoms with Crippen molar-refractivity contribution in [1.82, 2.24) is 0 Å². The van der Waals surface area contributed by atoms with Crippen LogP contribution in [0.15, 0.2) is 0 Å². The Labute approximate surface area is 75.9 Å². The molecule has 0 bridgehead atoms. The lowest BCUT2D eigenvalue weighted by molar-refractivity contribution is -0.268. The summed E-state index contributed by atoms with van der Waals surface area (Å²) in [4.78, 5) is 0. The van der Waals surface area contributed by atoms with Crippen LogP contribution >= 0.6 is 0 Å². The molecule has 1 aliphatic heterocycles.